The van der Waals surface area contributed by atoms with Crippen LogP contribution in [-0.4, -0.2) is 11.8 Å². The molecule has 65 heavy (non-hydrogen) atoms. The Kier molecular flexibility index (Phi) is 22.3. The van der Waals surface area contributed by atoms with Crippen molar-refractivity contribution in [3.63, 3.8) is 0 Å². The molecule has 332 valence electrons. The molecular weight excluding hydrogens is 993 g/mol. The molecule has 8 aromatic carbocycles. The zero-order valence-electron chi connectivity index (χ0n) is 38.5. The van der Waals surface area contributed by atoms with Crippen molar-refractivity contribution in [2.45, 2.75) is 52.6 Å². The Hall–Kier alpha value is -4.99. The van der Waals surface area contributed by atoms with Crippen LogP contribution in [0.3, 0.4) is 0 Å². The molecule has 0 N–H and O–H groups in total. The van der Waals surface area contributed by atoms with E-state index in [1.54, 1.807) is 0 Å². The maximum absolute atomic E-state index is 5.29. The number of para-hydroxylation sites is 2. The summed E-state index contributed by atoms with van der Waals surface area (Å²) in [6.45, 7) is 9.83. The van der Waals surface area contributed by atoms with Gasteiger partial charge in [-0.25, -0.2) is 0 Å². The second kappa shape index (κ2) is 27.5. The molecule has 0 heterocycles. The van der Waals surface area contributed by atoms with Gasteiger partial charge in [-0.3, -0.25) is 0 Å². The van der Waals surface area contributed by atoms with Gasteiger partial charge in [0.05, 0.1) is 0 Å². The van der Waals surface area contributed by atoms with Crippen LogP contribution in [0.1, 0.15) is 33.4 Å². The summed E-state index contributed by atoms with van der Waals surface area (Å²) in [5, 5.41) is 26.1. The molecule has 0 bridgehead atoms. The first kappa shape index (κ1) is 52.6. The SMILES string of the molecule is Cc1cccc(C)c1[N-]C([N-]Cc1ccccc1)P(c1ccccc1)c1ccccc1.Cc1cccc(C)c1[N-]C([N-]Cc1ccccc1)P(c1ccccc1)c1ccccc1.[CH3-].[CH3-].[Hf]. The van der Waals surface area contributed by atoms with Crippen LogP contribution in [0, 0.1) is 42.5 Å². The molecule has 0 aliphatic carbocycles. The van der Waals surface area contributed by atoms with E-state index in [9.17, 15) is 0 Å². The van der Waals surface area contributed by atoms with Gasteiger partial charge >= 0.3 is 0 Å². The summed E-state index contributed by atoms with van der Waals surface area (Å²) in [7, 11) is -1.58. The summed E-state index contributed by atoms with van der Waals surface area (Å²) in [5.74, 6) is -0.334. The van der Waals surface area contributed by atoms with E-state index in [1.165, 1.54) is 54.6 Å². The number of nitrogens with zero attached hydrogens (tertiary/aromatic N) is 4. The Morgan fingerprint density at radius 3 is 0.800 bits per heavy atom. The van der Waals surface area contributed by atoms with Gasteiger partial charge in [-0.15, -0.1) is 24.5 Å². The molecule has 0 aliphatic rings. The summed E-state index contributed by atoms with van der Waals surface area (Å²) in [4.78, 5) is 0. The summed E-state index contributed by atoms with van der Waals surface area (Å²) < 4.78 is 0. The maximum Gasteiger partial charge on any atom is 0 e. The smallest absolute Gasteiger partial charge is 0 e. The number of benzene rings is 8. The van der Waals surface area contributed by atoms with Crippen LogP contribution in [0.5, 0.6) is 0 Å². The van der Waals surface area contributed by atoms with E-state index in [0.717, 1.165) is 11.4 Å². The van der Waals surface area contributed by atoms with Gasteiger partial charge in [0.1, 0.15) is 0 Å². The van der Waals surface area contributed by atoms with Gasteiger partial charge in [0.2, 0.25) is 0 Å². The summed E-state index contributed by atoms with van der Waals surface area (Å²) >= 11 is 0. The van der Waals surface area contributed by atoms with Crippen LogP contribution in [0.2, 0.25) is 0 Å². The van der Waals surface area contributed by atoms with Crippen LogP contribution < -0.4 is 21.2 Å². The van der Waals surface area contributed by atoms with E-state index in [0.29, 0.717) is 13.1 Å². The quantitative estimate of drug-likeness (QED) is 0.0526. The van der Waals surface area contributed by atoms with Gasteiger partial charge in [-0.05, 0) is 48.9 Å². The topological polar surface area (TPSA) is 56.4 Å². The monoisotopic (exact) mass is 1050 g/mol. The van der Waals surface area contributed by atoms with Crippen LogP contribution in [-0.2, 0) is 38.9 Å². The molecule has 8 rings (SSSR count). The van der Waals surface area contributed by atoms with Crippen LogP contribution in [0.15, 0.2) is 218 Å². The molecule has 0 amide bonds. The number of hydrogen-bond acceptors (Lipinski definition) is 0. The predicted molar refractivity (Wildman–Crippen MR) is 283 cm³/mol. The minimum Gasteiger partial charge on any atom is -0.695 e. The van der Waals surface area contributed by atoms with Gasteiger partial charge in [0.25, 0.3) is 0 Å². The van der Waals surface area contributed by atoms with Gasteiger partial charge in [0.15, 0.2) is 0 Å². The van der Waals surface area contributed by atoms with E-state index in [1.807, 2.05) is 12.1 Å². The first-order valence-corrected chi connectivity index (χ1v) is 24.0. The Morgan fingerprint density at radius 2 is 0.554 bits per heavy atom. The van der Waals surface area contributed by atoms with Crippen molar-refractivity contribution in [1.82, 2.24) is 0 Å². The molecule has 0 aromatic heterocycles. The normalized spacial score (nSPS) is 11.4. The molecule has 7 heteroatoms. The average Bonchev–Trinajstić information content (AvgIpc) is 3.32. The third-order valence-corrected chi connectivity index (χ3v) is 15.4. The van der Waals surface area contributed by atoms with Crippen molar-refractivity contribution in [3.8, 4) is 0 Å². The molecule has 0 saturated heterocycles. The van der Waals surface area contributed by atoms with E-state index < -0.39 is 15.8 Å². The van der Waals surface area contributed by atoms with E-state index in [2.05, 4.69) is 234 Å². The summed E-state index contributed by atoms with van der Waals surface area (Å²) in [5.41, 5.74) is 9.30. The summed E-state index contributed by atoms with van der Waals surface area (Å²) in [6.07, 6.45) is 0. The van der Waals surface area contributed by atoms with E-state index in [-0.39, 0.29) is 52.5 Å². The van der Waals surface area contributed by atoms with Gasteiger partial charge < -0.3 is 36.1 Å². The molecule has 0 aliphatic heterocycles. The van der Waals surface area contributed by atoms with Crippen LogP contribution in [0.4, 0.5) is 11.4 Å². The fourth-order valence-corrected chi connectivity index (χ4v) is 11.9. The largest absolute Gasteiger partial charge is 0.695 e. The van der Waals surface area contributed by atoms with Crippen molar-refractivity contribution < 1.29 is 25.8 Å². The second-order valence-electron chi connectivity index (χ2n) is 15.2. The minimum absolute atomic E-state index is 0. The molecule has 0 radical (unpaired) electrons. The first-order valence-electron chi connectivity index (χ1n) is 21.2. The van der Waals surface area contributed by atoms with Crippen molar-refractivity contribution in [2.24, 2.45) is 0 Å². The third kappa shape index (κ3) is 15.0. The Bertz CT molecular complexity index is 2230. The van der Waals surface area contributed by atoms with Crippen LogP contribution in [0.25, 0.3) is 21.3 Å². The molecule has 0 spiro atoms. The van der Waals surface area contributed by atoms with E-state index in [4.69, 9.17) is 21.3 Å². The molecule has 8 aromatic rings. The number of hydrogen-bond donors (Lipinski definition) is 0. The van der Waals surface area contributed by atoms with Gasteiger partial charge in [-0.2, -0.15) is 11.8 Å². The third-order valence-electron chi connectivity index (χ3n) is 10.5. The first-order chi connectivity index (χ1) is 30.4. The molecule has 2 atom stereocenters. The van der Waals surface area contributed by atoms with E-state index >= 15 is 0 Å². The maximum atomic E-state index is 5.29. The van der Waals surface area contributed by atoms with Crippen molar-refractivity contribution in [3.05, 3.63) is 288 Å². The zero-order chi connectivity index (χ0) is 42.9. The van der Waals surface area contributed by atoms with Crippen LogP contribution >= 0.6 is 15.8 Å². The molecular formula is C58H60HfN4P2-6. The number of aryl methyl sites for hydroxylation is 4. The average molecular weight is 1050 g/mol. The van der Waals surface area contributed by atoms with Crippen molar-refractivity contribution >= 4 is 48.4 Å². The van der Waals surface area contributed by atoms with Gasteiger partial charge in [-0.1, -0.05) is 268 Å². The zero-order valence-corrected chi connectivity index (χ0v) is 43.9. The minimum atomic E-state index is -0.792. The fraction of sp³-hybridized carbons (Fsp3) is 0.138. The molecule has 0 fully saturated rings. The molecule has 2 unspecified atom stereocenters. The van der Waals surface area contributed by atoms with Gasteiger partial charge in [0, 0.05) is 25.8 Å². The predicted octanol–water partition coefficient (Wildman–Crippen LogP) is 15.5. The fourth-order valence-electron chi connectivity index (χ4n) is 7.34. The standard InChI is InChI=1S/2C28H27N2P.2CH3.Hf/c2*1-22-13-12-14-23(2)27(22)30-28(29-21-24-15-6-3-7-16-24)31(25-17-8-4-9-18-25)26-19-10-5-11-20-26;;;/h2*3-20,28H,21H2,1-2H3;2*1H3;/q2*-2;2*-1;. The molecule has 4 nitrogen and oxygen atoms in total. The Balaban J connectivity index is 0.000000272. The Labute approximate surface area is 412 Å². The summed E-state index contributed by atoms with van der Waals surface area (Å²) in [6, 6.07) is 76.5. The number of rotatable bonds is 16. The van der Waals surface area contributed by atoms with Crippen molar-refractivity contribution in [2.75, 3.05) is 0 Å². The Morgan fingerprint density at radius 1 is 0.323 bits per heavy atom. The second-order valence-corrected chi connectivity index (χ2v) is 19.6. The molecule has 0 saturated carbocycles. The van der Waals surface area contributed by atoms with Crippen molar-refractivity contribution in [1.29, 1.82) is 0 Å².